The fourth-order valence-electron chi connectivity index (χ4n) is 1.33. The molecule has 0 amide bonds. The number of oxazole rings is 1. The van der Waals surface area contributed by atoms with Gasteiger partial charge < -0.3 is 9.15 Å². The number of carbonyl (C=O) groups excluding carboxylic acids is 1. The smallest absolute Gasteiger partial charge is 0.360 e. The van der Waals surface area contributed by atoms with Crippen LogP contribution in [0.5, 0.6) is 0 Å². The number of hydrogen-bond acceptors (Lipinski definition) is 4. The number of benzene rings is 1. The lowest BCUT2D eigenvalue weighted by molar-refractivity contribution is 0.0519. The third-order valence-corrected chi connectivity index (χ3v) is 2.42. The van der Waals surface area contributed by atoms with Crippen LogP contribution in [-0.4, -0.2) is 17.6 Å². The quantitative estimate of drug-likeness (QED) is 0.787. The molecule has 0 unspecified atom stereocenters. The summed E-state index contributed by atoms with van der Waals surface area (Å²) in [5.74, 6) is -0.201. The van der Waals surface area contributed by atoms with Gasteiger partial charge in [0.1, 0.15) is 6.26 Å². The monoisotopic (exact) mass is 251 g/mol. The molecule has 88 valence electrons. The van der Waals surface area contributed by atoms with Crippen LogP contribution in [0.3, 0.4) is 0 Å². The molecule has 0 N–H and O–H groups in total. The summed E-state index contributed by atoms with van der Waals surface area (Å²) in [6, 6.07) is 7.12. The summed E-state index contributed by atoms with van der Waals surface area (Å²) in [4.78, 5) is 15.4. The molecule has 0 saturated heterocycles. The molecule has 2 aromatic rings. The molecule has 0 aliphatic rings. The Morgan fingerprint density at radius 3 is 2.94 bits per heavy atom. The number of halogens is 1. The number of hydrogen-bond donors (Lipinski definition) is 0. The number of aromatic nitrogens is 1. The van der Waals surface area contributed by atoms with E-state index in [4.69, 9.17) is 20.8 Å². The average molecular weight is 252 g/mol. The highest BCUT2D eigenvalue weighted by Gasteiger charge is 2.15. The molecule has 0 radical (unpaired) electrons. The second-order valence-electron chi connectivity index (χ2n) is 3.24. The molecular weight excluding hydrogens is 242 g/mol. The van der Waals surface area contributed by atoms with E-state index in [1.807, 2.05) is 6.07 Å². The Bertz CT molecular complexity index is 536. The molecule has 5 heteroatoms. The molecule has 0 aliphatic heterocycles. The van der Waals surface area contributed by atoms with Crippen molar-refractivity contribution in [3.63, 3.8) is 0 Å². The summed E-state index contributed by atoms with van der Waals surface area (Å²) >= 11 is 5.99. The van der Waals surface area contributed by atoms with Gasteiger partial charge in [0, 0.05) is 0 Å². The molecule has 17 heavy (non-hydrogen) atoms. The van der Waals surface area contributed by atoms with Crippen LogP contribution < -0.4 is 0 Å². The predicted molar refractivity (Wildman–Crippen MR) is 62.9 cm³/mol. The van der Waals surface area contributed by atoms with Gasteiger partial charge in [-0.05, 0) is 19.1 Å². The number of esters is 1. The molecule has 0 spiro atoms. The molecule has 4 nitrogen and oxygen atoms in total. The van der Waals surface area contributed by atoms with Crippen molar-refractivity contribution in [2.45, 2.75) is 6.92 Å². The van der Waals surface area contributed by atoms with Crippen LogP contribution in [0.15, 0.2) is 34.9 Å². The van der Waals surface area contributed by atoms with Gasteiger partial charge in [-0.15, -0.1) is 0 Å². The SMILES string of the molecule is CCOC(=O)c1coc(-c2ccccc2Cl)n1. The van der Waals surface area contributed by atoms with Gasteiger partial charge in [-0.3, -0.25) is 0 Å². The van der Waals surface area contributed by atoms with Gasteiger partial charge in [-0.1, -0.05) is 23.7 Å². The molecule has 1 aromatic heterocycles. The highest BCUT2D eigenvalue weighted by atomic mass is 35.5. The van der Waals surface area contributed by atoms with Crippen molar-refractivity contribution in [3.8, 4) is 11.5 Å². The summed E-state index contributed by atoms with van der Waals surface area (Å²) in [6.07, 6.45) is 1.26. The van der Waals surface area contributed by atoms with Gasteiger partial charge in [0.2, 0.25) is 5.89 Å². The topological polar surface area (TPSA) is 52.3 Å². The van der Waals surface area contributed by atoms with Crippen LogP contribution in [0, 0.1) is 0 Å². The predicted octanol–water partition coefficient (Wildman–Crippen LogP) is 3.17. The standard InChI is InChI=1S/C12H10ClNO3/c1-2-16-12(15)10-7-17-11(14-10)8-5-3-4-6-9(8)13/h3-7H,2H2,1H3. The van der Waals surface area contributed by atoms with Crippen LogP contribution in [-0.2, 0) is 4.74 Å². The lowest BCUT2D eigenvalue weighted by Crippen LogP contribution is -2.04. The summed E-state index contributed by atoms with van der Waals surface area (Å²) in [6.45, 7) is 2.03. The van der Waals surface area contributed by atoms with Crippen molar-refractivity contribution >= 4 is 17.6 Å². The van der Waals surface area contributed by atoms with Crippen molar-refractivity contribution in [3.05, 3.63) is 41.2 Å². The first kappa shape index (κ1) is 11.7. The van der Waals surface area contributed by atoms with Crippen molar-refractivity contribution in [1.82, 2.24) is 4.98 Å². The minimum atomic E-state index is -0.505. The van der Waals surface area contributed by atoms with Gasteiger partial charge in [0.15, 0.2) is 5.69 Å². The molecule has 0 atom stereocenters. The second-order valence-corrected chi connectivity index (χ2v) is 3.65. The largest absolute Gasteiger partial charge is 0.461 e. The Kier molecular flexibility index (Phi) is 3.44. The minimum absolute atomic E-state index is 0.141. The Hall–Kier alpha value is -1.81. The van der Waals surface area contributed by atoms with E-state index >= 15 is 0 Å². The van der Waals surface area contributed by atoms with E-state index in [9.17, 15) is 4.79 Å². The van der Waals surface area contributed by atoms with Crippen molar-refractivity contribution in [1.29, 1.82) is 0 Å². The van der Waals surface area contributed by atoms with E-state index in [0.29, 0.717) is 23.1 Å². The van der Waals surface area contributed by atoms with E-state index in [1.54, 1.807) is 25.1 Å². The van der Waals surface area contributed by atoms with Gasteiger partial charge in [0.25, 0.3) is 0 Å². The van der Waals surface area contributed by atoms with Crippen LogP contribution >= 0.6 is 11.6 Å². The van der Waals surface area contributed by atoms with Crippen LogP contribution in [0.2, 0.25) is 5.02 Å². The Labute approximate surface area is 103 Å². The average Bonchev–Trinajstić information content (AvgIpc) is 2.79. The molecular formula is C12H10ClNO3. The zero-order valence-corrected chi connectivity index (χ0v) is 9.90. The zero-order valence-electron chi connectivity index (χ0n) is 9.14. The normalized spacial score (nSPS) is 10.2. The van der Waals surface area contributed by atoms with E-state index < -0.39 is 5.97 Å². The van der Waals surface area contributed by atoms with Crippen molar-refractivity contribution in [2.75, 3.05) is 6.61 Å². The Morgan fingerprint density at radius 1 is 1.47 bits per heavy atom. The molecule has 0 fully saturated rings. The molecule has 1 aromatic carbocycles. The third kappa shape index (κ3) is 2.47. The highest BCUT2D eigenvalue weighted by Crippen LogP contribution is 2.26. The van der Waals surface area contributed by atoms with Gasteiger partial charge >= 0.3 is 5.97 Å². The molecule has 0 aliphatic carbocycles. The number of carbonyl (C=O) groups is 1. The van der Waals surface area contributed by atoms with Crippen LogP contribution in [0.1, 0.15) is 17.4 Å². The first-order valence-corrected chi connectivity index (χ1v) is 5.47. The Balaban J connectivity index is 2.30. The number of rotatable bonds is 3. The maximum atomic E-state index is 11.4. The molecule has 2 rings (SSSR count). The number of nitrogens with zero attached hydrogens (tertiary/aromatic N) is 1. The van der Waals surface area contributed by atoms with E-state index in [2.05, 4.69) is 4.98 Å². The van der Waals surface area contributed by atoms with E-state index in [0.717, 1.165) is 0 Å². The molecule has 0 saturated carbocycles. The zero-order chi connectivity index (χ0) is 12.3. The summed E-state index contributed by atoms with van der Waals surface area (Å²) in [7, 11) is 0. The first-order chi connectivity index (χ1) is 8.22. The summed E-state index contributed by atoms with van der Waals surface area (Å²) in [5, 5.41) is 0.518. The fraction of sp³-hybridized carbons (Fsp3) is 0.167. The third-order valence-electron chi connectivity index (χ3n) is 2.09. The van der Waals surface area contributed by atoms with E-state index in [-0.39, 0.29) is 5.69 Å². The maximum Gasteiger partial charge on any atom is 0.360 e. The first-order valence-electron chi connectivity index (χ1n) is 5.10. The lowest BCUT2D eigenvalue weighted by atomic mass is 10.2. The minimum Gasteiger partial charge on any atom is -0.461 e. The van der Waals surface area contributed by atoms with Crippen molar-refractivity contribution in [2.24, 2.45) is 0 Å². The lowest BCUT2D eigenvalue weighted by Gasteiger charge is -1.97. The molecule has 0 bridgehead atoms. The van der Waals surface area contributed by atoms with Gasteiger partial charge in [-0.25, -0.2) is 9.78 Å². The fourth-order valence-corrected chi connectivity index (χ4v) is 1.55. The maximum absolute atomic E-state index is 11.4. The van der Waals surface area contributed by atoms with Gasteiger partial charge in [0.05, 0.1) is 17.2 Å². The highest BCUT2D eigenvalue weighted by molar-refractivity contribution is 6.33. The van der Waals surface area contributed by atoms with Gasteiger partial charge in [-0.2, -0.15) is 0 Å². The number of ether oxygens (including phenoxy) is 1. The van der Waals surface area contributed by atoms with Crippen LogP contribution in [0.25, 0.3) is 11.5 Å². The Morgan fingerprint density at radius 2 is 2.24 bits per heavy atom. The summed E-state index contributed by atoms with van der Waals surface area (Å²) in [5.41, 5.74) is 0.784. The van der Waals surface area contributed by atoms with Crippen molar-refractivity contribution < 1.29 is 13.9 Å². The second kappa shape index (κ2) is 5.01. The summed E-state index contributed by atoms with van der Waals surface area (Å²) < 4.78 is 10.0. The van der Waals surface area contributed by atoms with E-state index in [1.165, 1.54) is 6.26 Å². The molecule has 1 heterocycles. The van der Waals surface area contributed by atoms with Crippen LogP contribution in [0.4, 0.5) is 0 Å².